The third-order valence-electron chi connectivity index (χ3n) is 4.26. The first-order valence-electron chi connectivity index (χ1n) is 7.43. The lowest BCUT2D eigenvalue weighted by molar-refractivity contribution is 0.0696. The number of hydrogen-bond donors (Lipinski definition) is 1. The van der Waals surface area contributed by atoms with E-state index in [2.05, 4.69) is 4.90 Å². The standard InChI is InChI=1S/C15H21ClN2O4S/c1-17-8-4-3-5-12(17)10-18(2)23(21,22)14-9-11(15(19)20)6-7-13(14)16/h6-7,9,12H,3-5,8,10H2,1-2H3,(H,19,20). The number of likely N-dealkylation sites (tertiary alicyclic amines) is 1. The average Bonchev–Trinajstić information content (AvgIpc) is 2.49. The molecule has 1 heterocycles. The highest BCUT2D eigenvalue weighted by Gasteiger charge is 2.29. The molecule has 0 saturated carbocycles. The molecular weight excluding hydrogens is 340 g/mol. The molecule has 0 aromatic heterocycles. The minimum Gasteiger partial charge on any atom is -0.478 e. The lowest BCUT2D eigenvalue weighted by atomic mass is 10.0. The molecule has 0 bridgehead atoms. The molecule has 1 aromatic carbocycles. The molecule has 6 nitrogen and oxygen atoms in total. The minimum absolute atomic E-state index is 0.0267. The number of rotatable bonds is 5. The van der Waals surface area contributed by atoms with Crippen molar-refractivity contribution in [2.45, 2.75) is 30.2 Å². The van der Waals surface area contributed by atoms with Crippen LogP contribution in [-0.2, 0) is 10.0 Å². The van der Waals surface area contributed by atoms with Crippen molar-refractivity contribution in [3.63, 3.8) is 0 Å². The zero-order chi connectivity index (χ0) is 17.2. The number of piperidine rings is 1. The van der Waals surface area contributed by atoms with Gasteiger partial charge in [0.15, 0.2) is 0 Å². The van der Waals surface area contributed by atoms with E-state index in [1.807, 2.05) is 7.05 Å². The summed E-state index contributed by atoms with van der Waals surface area (Å²) in [5, 5.41) is 9.07. The predicted octanol–water partition coefficient (Wildman–Crippen LogP) is 2.14. The summed E-state index contributed by atoms with van der Waals surface area (Å²) >= 11 is 5.99. The molecule has 1 aromatic rings. The molecule has 0 aliphatic carbocycles. The molecule has 0 radical (unpaired) electrons. The Morgan fingerprint density at radius 3 is 2.74 bits per heavy atom. The Kier molecular flexibility index (Phi) is 5.67. The second kappa shape index (κ2) is 7.17. The van der Waals surface area contributed by atoms with Crippen LogP contribution < -0.4 is 0 Å². The number of carbonyl (C=O) groups is 1. The van der Waals surface area contributed by atoms with E-state index in [0.717, 1.165) is 31.9 Å². The van der Waals surface area contributed by atoms with Crippen molar-refractivity contribution in [3.05, 3.63) is 28.8 Å². The maximum atomic E-state index is 12.7. The first-order chi connectivity index (χ1) is 10.7. The Labute approximate surface area is 141 Å². The number of nitrogens with zero attached hydrogens (tertiary/aromatic N) is 2. The fourth-order valence-corrected chi connectivity index (χ4v) is 4.48. The predicted molar refractivity (Wildman–Crippen MR) is 88.5 cm³/mol. The highest BCUT2D eigenvalue weighted by Crippen LogP contribution is 2.26. The van der Waals surface area contributed by atoms with Gasteiger partial charge in [-0.05, 0) is 44.6 Å². The Balaban J connectivity index is 2.26. The number of likely N-dealkylation sites (N-methyl/N-ethyl adjacent to an activating group) is 2. The van der Waals surface area contributed by atoms with Crippen molar-refractivity contribution in [2.75, 3.05) is 27.2 Å². The highest BCUT2D eigenvalue weighted by molar-refractivity contribution is 7.89. The van der Waals surface area contributed by atoms with E-state index in [1.165, 1.54) is 23.5 Å². The average molecular weight is 361 g/mol. The summed E-state index contributed by atoms with van der Waals surface area (Å²) in [6.07, 6.45) is 3.15. The molecule has 8 heteroatoms. The maximum absolute atomic E-state index is 12.7. The Morgan fingerprint density at radius 2 is 2.13 bits per heavy atom. The van der Waals surface area contributed by atoms with Crippen molar-refractivity contribution in [1.82, 2.24) is 9.21 Å². The fourth-order valence-electron chi connectivity index (χ4n) is 2.77. The summed E-state index contributed by atoms with van der Waals surface area (Å²) in [4.78, 5) is 13.1. The van der Waals surface area contributed by atoms with Crippen LogP contribution in [0.15, 0.2) is 23.1 Å². The Morgan fingerprint density at radius 1 is 1.43 bits per heavy atom. The first kappa shape index (κ1) is 18.2. The maximum Gasteiger partial charge on any atom is 0.335 e. The number of hydrogen-bond acceptors (Lipinski definition) is 4. The highest BCUT2D eigenvalue weighted by atomic mass is 35.5. The van der Waals surface area contributed by atoms with Crippen molar-refractivity contribution in [1.29, 1.82) is 0 Å². The van der Waals surface area contributed by atoms with Gasteiger partial charge in [0, 0.05) is 19.6 Å². The summed E-state index contributed by atoms with van der Waals surface area (Å²) in [6, 6.07) is 3.86. The zero-order valence-electron chi connectivity index (χ0n) is 13.2. The van der Waals surface area contributed by atoms with Crippen LogP contribution in [0.5, 0.6) is 0 Å². The molecule has 128 valence electrons. The monoisotopic (exact) mass is 360 g/mol. The van der Waals surface area contributed by atoms with Gasteiger partial charge in [-0.2, -0.15) is 4.31 Å². The van der Waals surface area contributed by atoms with Crippen molar-refractivity contribution in [2.24, 2.45) is 0 Å². The minimum atomic E-state index is -3.84. The molecule has 1 unspecified atom stereocenters. The Hall–Kier alpha value is -1.15. The summed E-state index contributed by atoms with van der Waals surface area (Å²) in [6.45, 7) is 1.31. The molecule has 2 rings (SSSR count). The van der Waals surface area contributed by atoms with Gasteiger partial charge in [0.2, 0.25) is 10.0 Å². The van der Waals surface area contributed by atoms with Crippen molar-refractivity contribution in [3.8, 4) is 0 Å². The van der Waals surface area contributed by atoms with Gasteiger partial charge in [-0.1, -0.05) is 18.0 Å². The van der Waals surface area contributed by atoms with Gasteiger partial charge in [0.25, 0.3) is 0 Å². The molecule has 1 saturated heterocycles. The van der Waals surface area contributed by atoms with Gasteiger partial charge in [0.1, 0.15) is 4.90 Å². The summed E-state index contributed by atoms with van der Waals surface area (Å²) in [7, 11) is -0.347. The van der Waals surface area contributed by atoms with Gasteiger partial charge in [-0.25, -0.2) is 13.2 Å². The van der Waals surface area contributed by atoms with Crippen LogP contribution in [0.3, 0.4) is 0 Å². The van der Waals surface area contributed by atoms with Gasteiger partial charge >= 0.3 is 5.97 Å². The van der Waals surface area contributed by atoms with Gasteiger partial charge in [-0.3, -0.25) is 0 Å². The molecular formula is C15H21ClN2O4S. The third kappa shape index (κ3) is 4.03. The number of sulfonamides is 1. The second-order valence-electron chi connectivity index (χ2n) is 5.87. The molecule has 1 aliphatic heterocycles. The van der Waals surface area contributed by atoms with E-state index in [0.29, 0.717) is 6.54 Å². The molecule has 0 amide bonds. The number of carboxylic acids is 1. The molecule has 0 spiro atoms. The van der Waals surface area contributed by atoms with E-state index < -0.39 is 16.0 Å². The van der Waals surface area contributed by atoms with E-state index in [9.17, 15) is 13.2 Å². The normalized spacial score (nSPS) is 19.9. The molecule has 1 atom stereocenters. The van der Waals surface area contributed by atoms with Crippen molar-refractivity contribution >= 4 is 27.6 Å². The summed E-state index contributed by atoms with van der Waals surface area (Å²) in [5.41, 5.74) is -0.101. The van der Waals surface area contributed by atoms with Crippen LogP contribution in [0, 0.1) is 0 Å². The van der Waals surface area contributed by atoms with E-state index in [4.69, 9.17) is 16.7 Å². The first-order valence-corrected chi connectivity index (χ1v) is 9.24. The third-order valence-corrected chi connectivity index (χ3v) is 6.56. The molecule has 23 heavy (non-hydrogen) atoms. The number of carboxylic acid groups (broad SMARTS) is 1. The smallest absolute Gasteiger partial charge is 0.335 e. The number of benzene rings is 1. The summed E-state index contributed by atoms with van der Waals surface area (Å²) in [5.74, 6) is -1.19. The van der Waals surface area contributed by atoms with Crippen LogP contribution in [0.2, 0.25) is 5.02 Å². The number of aromatic carboxylic acids is 1. The lowest BCUT2D eigenvalue weighted by Gasteiger charge is -2.34. The largest absolute Gasteiger partial charge is 0.478 e. The van der Waals surface area contributed by atoms with E-state index >= 15 is 0 Å². The van der Waals surface area contributed by atoms with Crippen molar-refractivity contribution < 1.29 is 18.3 Å². The van der Waals surface area contributed by atoms with Crippen LogP contribution in [0.4, 0.5) is 0 Å². The van der Waals surface area contributed by atoms with Gasteiger partial charge in [0.05, 0.1) is 10.6 Å². The van der Waals surface area contributed by atoms with E-state index in [-0.39, 0.29) is 21.5 Å². The summed E-state index contributed by atoms with van der Waals surface area (Å²) < 4.78 is 26.7. The SMILES string of the molecule is CN1CCCCC1CN(C)S(=O)(=O)c1cc(C(=O)O)ccc1Cl. The fraction of sp³-hybridized carbons (Fsp3) is 0.533. The molecule has 1 aliphatic rings. The van der Waals surface area contributed by atoms with E-state index in [1.54, 1.807) is 0 Å². The molecule has 1 fully saturated rings. The van der Waals surface area contributed by atoms with Crippen LogP contribution in [0.1, 0.15) is 29.6 Å². The van der Waals surface area contributed by atoms with Gasteiger partial charge < -0.3 is 10.0 Å². The second-order valence-corrected chi connectivity index (χ2v) is 8.29. The zero-order valence-corrected chi connectivity index (χ0v) is 14.8. The van der Waals surface area contributed by atoms with Crippen LogP contribution in [0.25, 0.3) is 0 Å². The van der Waals surface area contributed by atoms with Gasteiger partial charge in [-0.15, -0.1) is 0 Å². The quantitative estimate of drug-likeness (QED) is 0.870. The number of halogens is 1. The van der Waals surface area contributed by atoms with Crippen LogP contribution >= 0.6 is 11.6 Å². The topological polar surface area (TPSA) is 77.9 Å². The lowest BCUT2D eigenvalue weighted by Crippen LogP contribution is -2.45. The van der Waals surface area contributed by atoms with Crippen LogP contribution in [-0.4, -0.2) is 61.9 Å². The molecule has 1 N–H and O–H groups in total. The Bertz CT molecular complexity index is 693.